The fraction of sp³-hybridized carbons (Fsp3) is 0.167. The molecule has 0 unspecified atom stereocenters. The molecule has 154 valence electrons. The largest absolute Gasteiger partial charge is 0.493 e. The van der Waals surface area contributed by atoms with Crippen molar-refractivity contribution in [3.05, 3.63) is 89.5 Å². The average Bonchev–Trinajstić information content (AvgIpc) is 2.79. The minimum atomic E-state index is -0.386. The van der Waals surface area contributed by atoms with Crippen LogP contribution in [0.15, 0.2) is 72.8 Å². The van der Waals surface area contributed by atoms with E-state index in [-0.39, 0.29) is 11.7 Å². The molecular formula is C24H23NO5. The molecule has 0 saturated carbocycles. The Kier molecular flexibility index (Phi) is 7.19. The second kappa shape index (κ2) is 10.2. The Labute approximate surface area is 175 Å². The molecule has 0 fully saturated rings. The minimum absolute atomic E-state index is 0.209. The number of carbonyl (C=O) groups excluding carboxylic acids is 2. The number of benzene rings is 3. The van der Waals surface area contributed by atoms with E-state index in [0.29, 0.717) is 47.1 Å². The lowest BCUT2D eigenvalue weighted by molar-refractivity contribution is 0.0996. The molecule has 3 aromatic rings. The average molecular weight is 405 g/mol. The van der Waals surface area contributed by atoms with Crippen LogP contribution in [0.5, 0.6) is 11.5 Å². The Hall–Kier alpha value is -3.64. The maximum absolute atomic E-state index is 12.9. The van der Waals surface area contributed by atoms with E-state index in [4.69, 9.17) is 14.2 Å². The van der Waals surface area contributed by atoms with Crippen molar-refractivity contribution in [2.75, 3.05) is 32.8 Å². The lowest BCUT2D eigenvalue weighted by Gasteiger charge is -2.14. The van der Waals surface area contributed by atoms with Gasteiger partial charge in [0.05, 0.1) is 19.3 Å². The molecule has 0 aliphatic carbocycles. The molecule has 1 N–H and O–H groups in total. The van der Waals surface area contributed by atoms with Crippen molar-refractivity contribution in [2.45, 2.75) is 0 Å². The zero-order valence-electron chi connectivity index (χ0n) is 16.9. The number of anilines is 1. The predicted octanol–water partition coefficient (Wildman–Crippen LogP) is 4.20. The third-order valence-corrected chi connectivity index (χ3v) is 4.42. The number of carbonyl (C=O) groups is 2. The summed E-state index contributed by atoms with van der Waals surface area (Å²) < 4.78 is 16.0. The van der Waals surface area contributed by atoms with Gasteiger partial charge in [0.15, 0.2) is 17.3 Å². The van der Waals surface area contributed by atoms with E-state index in [0.717, 1.165) is 0 Å². The van der Waals surface area contributed by atoms with Crippen LogP contribution in [-0.4, -0.2) is 39.1 Å². The van der Waals surface area contributed by atoms with Crippen LogP contribution in [0, 0.1) is 0 Å². The maximum atomic E-state index is 12.9. The van der Waals surface area contributed by atoms with Crippen LogP contribution in [0.3, 0.4) is 0 Å². The van der Waals surface area contributed by atoms with Gasteiger partial charge in [-0.05, 0) is 18.2 Å². The van der Waals surface area contributed by atoms with Gasteiger partial charge < -0.3 is 19.5 Å². The molecule has 0 atom stereocenters. The van der Waals surface area contributed by atoms with Crippen LogP contribution < -0.4 is 14.8 Å². The molecule has 0 aliphatic rings. The first-order valence-corrected chi connectivity index (χ1v) is 9.44. The molecule has 0 spiro atoms. The summed E-state index contributed by atoms with van der Waals surface area (Å²) in [6, 6.07) is 20.7. The molecule has 3 rings (SSSR count). The molecule has 6 nitrogen and oxygen atoms in total. The van der Waals surface area contributed by atoms with E-state index in [2.05, 4.69) is 5.32 Å². The van der Waals surface area contributed by atoms with Gasteiger partial charge in [0.2, 0.25) is 0 Å². The number of nitrogens with one attached hydrogen (secondary N) is 1. The molecule has 1 amide bonds. The molecule has 0 aliphatic heterocycles. The van der Waals surface area contributed by atoms with Crippen molar-refractivity contribution in [1.29, 1.82) is 0 Å². The summed E-state index contributed by atoms with van der Waals surface area (Å²) in [5.74, 6) is 0.437. The van der Waals surface area contributed by atoms with Crippen LogP contribution in [0.4, 0.5) is 5.69 Å². The molecule has 6 heteroatoms. The molecule has 3 aromatic carbocycles. The monoisotopic (exact) mass is 405 g/mol. The van der Waals surface area contributed by atoms with Gasteiger partial charge in [0, 0.05) is 30.0 Å². The highest BCUT2D eigenvalue weighted by Crippen LogP contribution is 2.30. The lowest BCUT2D eigenvalue weighted by Crippen LogP contribution is -2.17. The van der Waals surface area contributed by atoms with Gasteiger partial charge in [0.25, 0.3) is 5.91 Å². The van der Waals surface area contributed by atoms with Gasteiger partial charge in [-0.15, -0.1) is 0 Å². The number of ketones is 1. The summed E-state index contributed by atoms with van der Waals surface area (Å²) in [4.78, 5) is 25.8. The maximum Gasteiger partial charge on any atom is 0.256 e. The lowest BCUT2D eigenvalue weighted by atomic mass is 9.98. The number of methoxy groups -OCH3 is 2. The molecule has 30 heavy (non-hydrogen) atoms. The molecule has 0 saturated heterocycles. The summed E-state index contributed by atoms with van der Waals surface area (Å²) in [5.41, 5.74) is 1.68. The summed E-state index contributed by atoms with van der Waals surface area (Å²) in [5, 5.41) is 2.83. The quantitative estimate of drug-likeness (QED) is 0.427. The number of rotatable bonds is 9. The number of hydrogen-bond acceptors (Lipinski definition) is 5. The fourth-order valence-electron chi connectivity index (χ4n) is 2.92. The van der Waals surface area contributed by atoms with Gasteiger partial charge in [-0.3, -0.25) is 9.59 Å². The smallest absolute Gasteiger partial charge is 0.256 e. The van der Waals surface area contributed by atoms with Crippen LogP contribution in [0.25, 0.3) is 0 Å². The zero-order valence-corrected chi connectivity index (χ0v) is 16.9. The van der Waals surface area contributed by atoms with E-state index in [1.54, 1.807) is 80.9 Å². The molecule has 0 bridgehead atoms. The summed E-state index contributed by atoms with van der Waals surface area (Å²) in [6.07, 6.45) is 0. The van der Waals surface area contributed by atoms with Crippen molar-refractivity contribution >= 4 is 17.4 Å². The normalized spacial score (nSPS) is 10.3. The van der Waals surface area contributed by atoms with E-state index in [1.807, 2.05) is 6.07 Å². The number of ether oxygens (including phenoxy) is 3. The Morgan fingerprint density at radius 3 is 2.20 bits per heavy atom. The Morgan fingerprint density at radius 1 is 0.800 bits per heavy atom. The highest BCUT2D eigenvalue weighted by Gasteiger charge is 2.18. The Balaban J connectivity index is 1.83. The molecule has 0 aromatic heterocycles. The Morgan fingerprint density at radius 2 is 1.50 bits per heavy atom. The van der Waals surface area contributed by atoms with Crippen molar-refractivity contribution < 1.29 is 23.8 Å². The second-order valence-corrected chi connectivity index (χ2v) is 6.40. The Bertz CT molecular complexity index is 1020. The number of amides is 1. The minimum Gasteiger partial charge on any atom is -0.493 e. The molecule has 0 radical (unpaired) electrons. The summed E-state index contributed by atoms with van der Waals surface area (Å²) >= 11 is 0. The van der Waals surface area contributed by atoms with E-state index < -0.39 is 0 Å². The standard InChI is InChI=1S/C24H23NO5/c1-28-14-15-30-22-16-18(12-13-21(22)29-2)25-24(27)20-11-7-6-10-19(20)23(26)17-8-4-3-5-9-17/h3-13,16H,14-15H2,1-2H3,(H,25,27). The van der Waals surface area contributed by atoms with E-state index >= 15 is 0 Å². The molecular weight excluding hydrogens is 382 g/mol. The third-order valence-electron chi connectivity index (χ3n) is 4.42. The van der Waals surface area contributed by atoms with E-state index in [9.17, 15) is 9.59 Å². The summed E-state index contributed by atoms with van der Waals surface area (Å²) in [7, 11) is 3.13. The van der Waals surface area contributed by atoms with Gasteiger partial charge in [-0.25, -0.2) is 0 Å². The van der Waals surface area contributed by atoms with Crippen molar-refractivity contribution in [3.8, 4) is 11.5 Å². The third kappa shape index (κ3) is 5.04. The van der Waals surface area contributed by atoms with Crippen LogP contribution in [0.1, 0.15) is 26.3 Å². The van der Waals surface area contributed by atoms with Crippen molar-refractivity contribution in [1.82, 2.24) is 0 Å². The summed E-state index contributed by atoms with van der Waals surface area (Å²) in [6.45, 7) is 0.771. The van der Waals surface area contributed by atoms with Gasteiger partial charge in [-0.1, -0.05) is 48.5 Å². The topological polar surface area (TPSA) is 73.9 Å². The van der Waals surface area contributed by atoms with Gasteiger partial charge >= 0.3 is 0 Å². The first kappa shape index (κ1) is 21.1. The van der Waals surface area contributed by atoms with E-state index in [1.165, 1.54) is 0 Å². The second-order valence-electron chi connectivity index (χ2n) is 6.40. The van der Waals surface area contributed by atoms with Gasteiger partial charge in [-0.2, -0.15) is 0 Å². The predicted molar refractivity (Wildman–Crippen MR) is 115 cm³/mol. The highest BCUT2D eigenvalue weighted by atomic mass is 16.5. The SMILES string of the molecule is COCCOc1cc(NC(=O)c2ccccc2C(=O)c2ccccc2)ccc1OC. The van der Waals surface area contributed by atoms with Crippen molar-refractivity contribution in [2.24, 2.45) is 0 Å². The highest BCUT2D eigenvalue weighted by molar-refractivity contribution is 6.17. The molecule has 0 heterocycles. The van der Waals surface area contributed by atoms with Crippen LogP contribution in [-0.2, 0) is 4.74 Å². The zero-order chi connectivity index (χ0) is 21.3. The first-order valence-electron chi connectivity index (χ1n) is 9.44. The van der Waals surface area contributed by atoms with Crippen LogP contribution in [0.2, 0.25) is 0 Å². The fourth-order valence-corrected chi connectivity index (χ4v) is 2.92. The first-order chi connectivity index (χ1) is 14.6. The number of hydrogen-bond donors (Lipinski definition) is 1. The van der Waals surface area contributed by atoms with Crippen molar-refractivity contribution in [3.63, 3.8) is 0 Å². The van der Waals surface area contributed by atoms with Crippen LogP contribution >= 0.6 is 0 Å². The van der Waals surface area contributed by atoms with Gasteiger partial charge in [0.1, 0.15) is 6.61 Å².